The molecule has 0 saturated carbocycles. The topological polar surface area (TPSA) is 80.9 Å². The van der Waals surface area contributed by atoms with Crippen LogP contribution in [0, 0.1) is 5.82 Å². The number of nitrogens with zero attached hydrogens (tertiary/aromatic N) is 2. The second kappa shape index (κ2) is 6.23. The first kappa shape index (κ1) is 14.6. The molecule has 0 aliphatic heterocycles. The van der Waals surface area contributed by atoms with Gasteiger partial charge in [0.15, 0.2) is 0 Å². The summed E-state index contributed by atoms with van der Waals surface area (Å²) < 4.78 is 13.0. The van der Waals surface area contributed by atoms with Gasteiger partial charge in [0.05, 0.1) is 5.69 Å². The molecule has 0 bridgehead atoms. The first-order chi connectivity index (χ1) is 11.1. The van der Waals surface area contributed by atoms with E-state index in [-0.39, 0.29) is 5.82 Å². The molecule has 5 nitrogen and oxygen atoms in total. The Kier molecular flexibility index (Phi) is 3.97. The molecule has 3 rings (SSSR count). The van der Waals surface area contributed by atoms with Gasteiger partial charge in [0, 0.05) is 22.9 Å². The number of carbonyl (C=O) groups is 1. The van der Waals surface area contributed by atoms with Gasteiger partial charge >= 0.3 is 0 Å². The highest BCUT2D eigenvalue weighted by Crippen LogP contribution is 2.21. The van der Waals surface area contributed by atoms with E-state index in [1.54, 1.807) is 42.5 Å². The summed E-state index contributed by atoms with van der Waals surface area (Å²) in [6, 6.07) is 14.6. The number of benzene rings is 2. The Morgan fingerprint density at radius 1 is 1.00 bits per heavy atom. The zero-order valence-electron chi connectivity index (χ0n) is 12.0. The number of halogens is 1. The van der Waals surface area contributed by atoms with Gasteiger partial charge in [0.25, 0.3) is 0 Å². The summed E-state index contributed by atoms with van der Waals surface area (Å²) in [6.07, 6.45) is 1.43. The van der Waals surface area contributed by atoms with Crippen LogP contribution in [0.1, 0.15) is 10.4 Å². The van der Waals surface area contributed by atoms with Crippen LogP contribution in [0.15, 0.2) is 60.9 Å². The number of primary amides is 1. The van der Waals surface area contributed by atoms with Crippen molar-refractivity contribution in [2.75, 3.05) is 5.32 Å². The fourth-order valence-corrected chi connectivity index (χ4v) is 2.07. The molecule has 3 aromatic rings. The zero-order valence-corrected chi connectivity index (χ0v) is 12.0. The molecule has 0 aliphatic carbocycles. The molecule has 0 aliphatic rings. The molecule has 114 valence electrons. The van der Waals surface area contributed by atoms with Crippen LogP contribution in [-0.2, 0) is 0 Å². The molecule has 23 heavy (non-hydrogen) atoms. The summed E-state index contributed by atoms with van der Waals surface area (Å²) in [6.45, 7) is 0. The number of aromatic nitrogens is 2. The predicted molar refractivity (Wildman–Crippen MR) is 85.7 cm³/mol. The molecule has 0 spiro atoms. The summed E-state index contributed by atoms with van der Waals surface area (Å²) >= 11 is 0. The number of anilines is 2. The Bertz CT molecular complexity index is 832. The number of rotatable bonds is 4. The number of hydrogen-bond donors (Lipinski definition) is 2. The number of nitrogens with two attached hydrogens (primary N) is 1. The van der Waals surface area contributed by atoms with Crippen molar-refractivity contribution in [3.8, 4) is 11.3 Å². The standard InChI is InChI=1S/C17H13FN4O/c18-13-5-1-11(2-6-13)15-9-16(21-10-20-15)22-14-7-3-12(4-8-14)17(19)23/h1-10H,(H2,19,23)(H,20,21,22). The number of carbonyl (C=O) groups excluding carboxylic acids is 1. The fourth-order valence-electron chi connectivity index (χ4n) is 2.07. The van der Waals surface area contributed by atoms with Crippen LogP contribution in [0.25, 0.3) is 11.3 Å². The third-order valence-electron chi connectivity index (χ3n) is 3.25. The fraction of sp³-hybridized carbons (Fsp3) is 0. The van der Waals surface area contributed by atoms with E-state index in [2.05, 4.69) is 15.3 Å². The van der Waals surface area contributed by atoms with E-state index in [1.165, 1.54) is 18.5 Å². The molecular weight excluding hydrogens is 295 g/mol. The summed E-state index contributed by atoms with van der Waals surface area (Å²) in [5.41, 5.74) is 7.87. The Balaban J connectivity index is 1.82. The molecule has 0 unspecified atom stereocenters. The van der Waals surface area contributed by atoms with Crippen molar-refractivity contribution >= 4 is 17.4 Å². The van der Waals surface area contributed by atoms with E-state index in [9.17, 15) is 9.18 Å². The van der Waals surface area contributed by atoms with Gasteiger partial charge in [-0.3, -0.25) is 4.79 Å². The van der Waals surface area contributed by atoms with Crippen LogP contribution in [-0.4, -0.2) is 15.9 Å². The molecule has 2 aromatic carbocycles. The lowest BCUT2D eigenvalue weighted by atomic mass is 10.1. The Morgan fingerprint density at radius 2 is 1.70 bits per heavy atom. The van der Waals surface area contributed by atoms with E-state index >= 15 is 0 Å². The minimum atomic E-state index is -0.475. The Morgan fingerprint density at radius 3 is 2.35 bits per heavy atom. The van der Waals surface area contributed by atoms with Gasteiger partial charge in [-0.1, -0.05) is 0 Å². The van der Waals surface area contributed by atoms with Gasteiger partial charge in [-0.25, -0.2) is 14.4 Å². The quantitative estimate of drug-likeness (QED) is 0.776. The van der Waals surface area contributed by atoms with E-state index in [0.717, 1.165) is 11.3 Å². The highest BCUT2D eigenvalue weighted by atomic mass is 19.1. The molecule has 0 atom stereocenters. The summed E-state index contributed by atoms with van der Waals surface area (Å²) in [5.74, 6) is -0.181. The largest absolute Gasteiger partial charge is 0.366 e. The molecule has 3 N–H and O–H groups in total. The van der Waals surface area contributed by atoms with E-state index in [0.29, 0.717) is 17.1 Å². The van der Waals surface area contributed by atoms with Gasteiger partial charge < -0.3 is 11.1 Å². The molecule has 1 amide bonds. The highest BCUT2D eigenvalue weighted by molar-refractivity contribution is 5.93. The number of hydrogen-bond acceptors (Lipinski definition) is 4. The van der Waals surface area contributed by atoms with Crippen LogP contribution in [0.4, 0.5) is 15.9 Å². The minimum absolute atomic E-state index is 0.296. The molecule has 0 radical (unpaired) electrons. The van der Waals surface area contributed by atoms with Crippen LogP contribution < -0.4 is 11.1 Å². The average Bonchev–Trinajstić information content (AvgIpc) is 2.56. The average molecular weight is 308 g/mol. The van der Waals surface area contributed by atoms with Crippen molar-refractivity contribution in [3.63, 3.8) is 0 Å². The maximum absolute atomic E-state index is 13.0. The maximum atomic E-state index is 13.0. The smallest absolute Gasteiger partial charge is 0.248 e. The van der Waals surface area contributed by atoms with E-state index < -0.39 is 5.91 Å². The van der Waals surface area contributed by atoms with Crippen molar-refractivity contribution in [2.24, 2.45) is 5.73 Å². The van der Waals surface area contributed by atoms with Crippen molar-refractivity contribution in [3.05, 3.63) is 72.3 Å². The zero-order chi connectivity index (χ0) is 16.2. The van der Waals surface area contributed by atoms with Crippen molar-refractivity contribution in [1.82, 2.24) is 9.97 Å². The van der Waals surface area contributed by atoms with Crippen LogP contribution in [0.3, 0.4) is 0 Å². The molecule has 0 fully saturated rings. The van der Waals surface area contributed by atoms with Crippen molar-refractivity contribution < 1.29 is 9.18 Å². The normalized spacial score (nSPS) is 10.3. The van der Waals surface area contributed by atoms with Crippen LogP contribution in [0.2, 0.25) is 0 Å². The molecule has 6 heteroatoms. The summed E-state index contributed by atoms with van der Waals surface area (Å²) in [5, 5.41) is 3.11. The molecule has 1 heterocycles. The van der Waals surface area contributed by atoms with Gasteiger partial charge in [-0.2, -0.15) is 0 Å². The SMILES string of the molecule is NC(=O)c1ccc(Nc2cc(-c3ccc(F)cc3)ncn2)cc1. The van der Waals surface area contributed by atoms with E-state index in [4.69, 9.17) is 5.73 Å². The van der Waals surface area contributed by atoms with E-state index in [1.807, 2.05) is 0 Å². The first-order valence-corrected chi connectivity index (χ1v) is 6.87. The lowest BCUT2D eigenvalue weighted by Gasteiger charge is -2.07. The van der Waals surface area contributed by atoms with Crippen LogP contribution >= 0.6 is 0 Å². The third kappa shape index (κ3) is 3.49. The van der Waals surface area contributed by atoms with Gasteiger partial charge in [0.2, 0.25) is 5.91 Å². The van der Waals surface area contributed by atoms with Crippen molar-refractivity contribution in [2.45, 2.75) is 0 Å². The molecular formula is C17H13FN4O. The molecule has 1 aromatic heterocycles. The van der Waals surface area contributed by atoms with Crippen molar-refractivity contribution in [1.29, 1.82) is 0 Å². The van der Waals surface area contributed by atoms with Gasteiger partial charge in [-0.15, -0.1) is 0 Å². The number of nitrogens with one attached hydrogen (secondary N) is 1. The summed E-state index contributed by atoms with van der Waals surface area (Å²) in [4.78, 5) is 19.4. The monoisotopic (exact) mass is 308 g/mol. The van der Waals surface area contributed by atoms with Crippen LogP contribution in [0.5, 0.6) is 0 Å². The van der Waals surface area contributed by atoms with Gasteiger partial charge in [0.1, 0.15) is 18.0 Å². The Hall–Kier alpha value is -3.28. The number of amides is 1. The molecule has 0 saturated heterocycles. The second-order valence-corrected chi connectivity index (χ2v) is 4.86. The second-order valence-electron chi connectivity index (χ2n) is 4.86. The Labute approximate surface area is 132 Å². The minimum Gasteiger partial charge on any atom is -0.366 e. The predicted octanol–water partition coefficient (Wildman–Crippen LogP) is 3.13. The highest BCUT2D eigenvalue weighted by Gasteiger charge is 2.04. The lowest BCUT2D eigenvalue weighted by molar-refractivity contribution is 0.100. The lowest BCUT2D eigenvalue weighted by Crippen LogP contribution is -2.10. The third-order valence-corrected chi connectivity index (χ3v) is 3.25. The van der Waals surface area contributed by atoms with Gasteiger partial charge in [-0.05, 0) is 48.5 Å². The maximum Gasteiger partial charge on any atom is 0.248 e. The summed E-state index contributed by atoms with van der Waals surface area (Å²) in [7, 11) is 0. The first-order valence-electron chi connectivity index (χ1n) is 6.87.